The third-order valence-corrected chi connectivity index (χ3v) is 6.96. The second kappa shape index (κ2) is 5.24. The van der Waals surface area contributed by atoms with E-state index < -0.39 is 0 Å². The number of alkyl halides is 1. The van der Waals surface area contributed by atoms with Gasteiger partial charge in [0.05, 0.1) is 5.41 Å². The van der Waals surface area contributed by atoms with Crippen molar-refractivity contribution < 1.29 is 9.53 Å². The summed E-state index contributed by atoms with van der Waals surface area (Å²) in [4.78, 5) is 12.7. The predicted octanol–water partition coefficient (Wildman–Crippen LogP) is 5.07. The molecule has 0 amide bonds. The van der Waals surface area contributed by atoms with Gasteiger partial charge in [-0.3, -0.25) is 4.79 Å². The van der Waals surface area contributed by atoms with Crippen molar-refractivity contribution in [2.45, 2.75) is 50.0 Å². The van der Waals surface area contributed by atoms with Crippen molar-refractivity contribution in [3.63, 3.8) is 0 Å². The van der Waals surface area contributed by atoms with Crippen LogP contribution in [0.2, 0.25) is 0 Å². The Morgan fingerprint density at radius 1 is 1.23 bits per heavy atom. The van der Waals surface area contributed by atoms with Gasteiger partial charge in [0.25, 0.3) is 0 Å². The van der Waals surface area contributed by atoms with Gasteiger partial charge in [0.2, 0.25) is 0 Å². The maximum absolute atomic E-state index is 12.8. The maximum Gasteiger partial charge on any atom is 0.312 e. The molecule has 1 aromatic rings. The zero-order valence-corrected chi connectivity index (χ0v) is 14.8. The summed E-state index contributed by atoms with van der Waals surface area (Å²) in [5.41, 5.74) is 0.703. The van der Waals surface area contributed by atoms with E-state index in [1.54, 1.807) is 0 Å². The first-order chi connectivity index (χ1) is 10.5. The average molecular weight is 384 g/mol. The minimum atomic E-state index is -0.312. The van der Waals surface area contributed by atoms with E-state index in [4.69, 9.17) is 16.3 Å². The lowest BCUT2D eigenvalue weighted by Gasteiger charge is -2.58. The molecule has 0 radical (unpaired) electrons. The summed E-state index contributed by atoms with van der Waals surface area (Å²) in [5.74, 6) is 1.21. The lowest BCUT2D eigenvalue weighted by atomic mass is 9.49. The van der Waals surface area contributed by atoms with Crippen molar-refractivity contribution in [3.05, 3.63) is 34.3 Å². The lowest BCUT2D eigenvalue weighted by molar-refractivity contribution is -0.171. The number of rotatable bonds is 3. The zero-order chi connectivity index (χ0) is 15.4. The van der Waals surface area contributed by atoms with Crippen molar-refractivity contribution in [2.75, 3.05) is 0 Å². The molecule has 5 rings (SSSR count). The topological polar surface area (TPSA) is 26.3 Å². The Kier molecular flexibility index (Phi) is 3.58. The fourth-order valence-electron chi connectivity index (χ4n) is 5.30. The molecule has 118 valence electrons. The number of ether oxygens (including phenoxy) is 1. The molecular weight excluding hydrogens is 364 g/mol. The molecule has 2 unspecified atom stereocenters. The Morgan fingerprint density at radius 2 is 1.91 bits per heavy atom. The van der Waals surface area contributed by atoms with Crippen molar-refractivity contribution >= 4 is 33.5 Å². The van der Waals surface area contributed by atoms with Gasteiger partial charge in [-0.2, -0.15) is 0 Å². The molecule has 4 saturated carbocycles. The van der Waals surface area contributed by atoms with E-state index in [1.165, 1.54) is 6.42 Å². The molecule has 0 N–H and O–H groups in total. The Morgan fingerprint density at radius 3 is 2.55 bits per heavy atom. The largest absolute Gasteiger partial charge is 0.460 e. The van der Waals surface area contributed by atoms with Crippen molar-refractivity contribution in [2.24, 2.45) is 17.3 Å². The average Bonchev–Trinajstić information content (AvgIpc) is 2.43. The van der Waals surface area contributed by atoms with Crippen LogP contribution in [-0.4, -0.2) is 10.8 Å². The second-order valence-corrected chi connectivity index (χ2v) is 9.22. The standard InChI is InChI=1S/C18H20BrClO2/c19-15-4-2-1-3-14(15)10-22-16(21)17-6-12-5-13(7-17)9-18(20,8-12)11-17/h1-4,12-13H,5-11H2/t12-,13+,17?,18?. The number of hydrogen-bond donors (Lipinski definition) is 0. The lowest BCUT2D eigenvalue weighted by Crippen LogP contribution is -2.56. The van der Waals surface area contributed by atoms with Crippen LogP contribution >= 0.6 is 27.5 Å². The van der Waals surface area contributed by atoms with Crippen LogP contribution < -0.4 is 0 Å². The minimum absolute atomic E-state index is 0.0256. The highest BCUT2D eigenvalue weighted by molar-refractivity contribution is 9.10. The number of esters is 1. The van der Waals surface area contributed by atoms with Gasteiger partial charge in [-0.25, -0.2) is 0 Å². The fourth-order valence-corrected chi connectivity index (χ4v) is 6.39. The van der Waals surface area contributed by atoms with Gasteiger partial charge in [-0.05, 0) is 56.4 Å². The monoisotopic (exact) mass is 382 g/mol. The molecule has 1 aromatic carbocycles. The molecule has 0 spiro atoms. The van der Waals surface area contributed by atoms with E-state index in [2.05, 4.69) is 15.9 Å². The van der Waals surface area contributed by atoms with Gasteiger partial charge >= 0.3 is 5.97 Å². The molecule has 22 heavy (non-hydrogen) atoms. The van der Waals surface area contributed by atoms with E-state index in [9.17, 15) is 4.79 Å². The Hall–Kier alpha value is -0.540. The smallest absolute Gasteiger partial charge is 0.312 e. The molecule has 2 nitrogen and oxygen atoms in total. The maximum atomic E-state index is 12.8. The molecule has 4 heteroatoms. The first kappa shape index (κ1) is 15.0. The molecular formula is C18H20BrClO2. The highest BCUT2D eigenvalue weighted by Gasteiger charge is 2.60. The van der Waals surface area contributed by atoms with Crippen LogP contribution in [0.4, 0.5) is 0 Å². The Bertz CT molecular complexity index is 601. The summed E-state index contributed by atoms with van der Waals surface area (Å²) in [5, 5.41) is 0. The van der Waals surface area contributed by atoms with Crippen molar-refractivity contribution in [3.8, 4) is 0 Å². The summed E-state index contributed by atoms with van der Waals surface area (Å²) in [7, 11) is 0. The Labute approximate surface area is 144 Å². The summed E-state index contributed by atoms with van der Waals surface area (Å²) < 4.78 is 6.70. The van der Waals surface area contributed by atoms with E-state index in [-0.39, 0.29) is 16.3 Å². The van der Waals surface area contributed by atoms with Crippen LogP contribution in [0.3, 0.4) is 0 Å². The SMILES string of the molecule is O=C(OCc1ccccc1Br)C12C[C@@H]3C[C@@H](CC(Cl)(C3)C1)C2. The van der Waals surface area contributed by atoms with Crippen molar-refractivity contribution in [1.29, 1.82) is 0 Å². The molecule has 0 aromatic heterocycles. The van der Waals surface area contributed by atoms with Crippen LogP contribution in [0.25, 0.3) is 0 Å². The number of hydrogen-bond acceptors (Lipinski definition) is 2. The van der Waals surface area contributed by atoms with E-state index >= 15 is 0 Å². The van der Waals surface area contributed by atoms with Crippen LogP contribution in [0.5, 0.6) is 0 Å². The van der Waals surface area contributed by atoms with Gasteiger partial charge in [0.15, 0.2) is 0 Å². The van der Waals surface area contributed by atoms with Gasteiger partial charge in [-0.1, -0.05) is 34.1 Å². The fraction of sp³-hybridized carbons (Fsp3) is 0.611. The molecule has 4 atom stereocenters. The number of benzene rings is 1. The highest BCUT2D eigenvalue weighted by atomic mass is 79.9. The first-order valence-corrected chi connectivity index (χ1v) is 9.25. The predicted molar refractivity (Wildman–Crippen MR) is 89.6 cm³/mol. The van der Waals surface area contributed by atoms with E-state index in [0.717, 1.165) is 42.1 Å². The first-order valence-electron chi connectivity index (χ1n) is 8.08. The molecule has 0 aliphatic heterocycles. The molecule has 4 aliphatic carbocycles. The van der Waals surface area contributed by atoms with Crippen LogP contribution in [0, 0.1) is 17.3 Å². The molecule has 0 saturated heterocycles. The van der Waals surface area contributed by atoms with E-state index in [1.807, 2.05) is 24.3 Å². The van der Waals surface area contributed by atoms with Crippen LogP contribution in [0.1, 0.15) is 44.1 Å². The highest BCUT2D eigenvalue weighted by Crippen LogP contribution is 2.64. The number of carbonyl (C=O) groups is 1. The molecule has 4 aliphatic rings. The normalized spacial score (nSPS) is 39.0. The van der Waals surface area contributed by atoms with Gasteiger partial charge < -0.3 is 4.74 Å². The zero-order valence-electron chi connectivity index (χ0n) is 12.5. The molecule has 0 heterocycles. The van der Waals surface area contributed by atoms with Crippen LogP contribution in [0.15, 0.2) is 28.7 Å². The van der Waals surface area contributed by atoms with Gasteiger partial charge in [0.1, 0.15) is 6.61 Å². The molecule has 4 fully saturated rings. The summed E-state index contributed by atoms with van der Waals surface area (Å²) in [6.07, 6.45) is 6.20. The van der Waals surface area contributed by atoms with Crippen molar-refractivity contribution in [1.82, 2.24) is 0 Å². The third kappa shape index (κ3) is 2.50. The second-order valence-electron chi connectivity index (χ2n) is 7.56. The number of carbonyl (C=O) groups excluding carboxylic acids is 1. The minimum Gasteiger partial charge on any atom is -0.460 e. The van der Waals surface area contributed by atoms with E-state index in [0.29, 0.717) is 18.4 Å². The third-order valence-electron chi connectivity index (χ3n) is 5.74. The summed E-state index contributed by atoms with van der Waals surface area (Å²) in [6.45, 7) is 0.340. The quantitative estimate of drug-likeness (QED) is 0.538. The van der Waals surface area contributed by atoms with Gasteiger partial charge in [-0.15, -0.1) is 11.6 Å². The van der Waals surface area contributed by atoms with Crippen LogP contribution in [-0.2, 0) is 16.1 Å². The summed E-state index contributed by atoms with van der Waals surface area (Å²) in [6, 6.07) is 7.89. The Balaban J connectivity index is 1.50. The summed E-state index contributed by atoms with van der Waals surface area (Å²) >= 11 is 10.3. The molecule has 4 bridgehead atoms. The number of halogens is 2. The van der Waals surface area contributed by atoms with Gasteiger partial charge in [0, 0.05) is 14.9 Å².